The average Bonchev–Trinajstić information content (AvgIpc) is 2.98. The summed E-state index contributed by atoms with van der Waals surface area (Å²) in [6.07, 6.45) is -2.79. The van der Waals surface area contributed by atoms with Crippen LogP contribution in [0.3, 0.4) is 0 Å². The lowest BCUT2D eigenvalue weighted by Gasteiger charge is -2.39. The standard InChI is InChI=1S/C19H23F5N2O/c20-15-4-3-14(11-16(15)21)12-26-9-1-5-18(17(26)27)7-10-25(13-18)8-2-6-19(22,23)24/h3-4,11H,1-2,5-10,12-13H2/t18-/m0/s1. The van der Waals surface area contributed by atoms with Gasteiger partial charge >= 0.3 is 6.18 Å². The largest absolute Gasteiger partial charge is 0.389 e. The number of likely N-dealkylation sites (tertiary alicyclic amines) is 2. The van der Waals surface area contributed by atoms with E-state index in [2.05, 4.69) is 0 Å². The van der Waals surface area contributed by atoms with Crippen molar-refractivity contribution in [2.24, 2.45) is 5.41 Å². The van der Waals surface area contributed by atoms with Gasteiger partial charge in [-0.3, -0.25) is 4.79 Å². The van der Waals surface area contributed by atoms with E-state index in [1.54, 1.807) is 4.90 Å². The molecule has 0 aromatic heterocycles. The number of hydrogen-bond donors (Lipinski definition) is 0. The Bertz CT molecular complexity index is 693. The van der Waals surface area contributed by atoms with Crippen molar-refractivity contribution in [3.8, 4) is 0 Å². The van der Waals surface area contributed by atoms with Crippen molar-refractivity contribution in [2.45, 2.75) is 44.8 Å². The number of piperidine rings is 1. The van der Waals surface area contributed by atoms with Crippen molar-refractivity contribution in [1.29, 1.82) is 0 Å². The lowest BCUT2D eigenvalue weighted by atomic mass is 9.78. The second kappa shape index (κ2) is 7.73. The molecule has 0 unspecified atom stereocenters. The van der Waals surface area contributed by atoms with Gasteiger partial charge in [-0.15, -0.1) is 0 Å². The molecule has 1 aromatic carbocycles. The molecule has 2 aliphatic heterocycles. The Balaban J connectivity index is 1.60. The number of benzene rings is 1. The summed E-state index contributed by atoms with van der Waals surface area (Å²) < 4.78 is 63.5. The van der Waals surface area contributed by atoms with Gasteiger partial charge in [-0.05, 0) is 56.5 Å². The quantitative estimate of drug-likeness (QED) is 0.706. The second-order valence-corrected chi connectivity index (χ2v) is 7.60. The number of rotatable bonds is 5. The van der Waals surface area contributed by atoms with Gasteiger partial charge < -0.3 is 9.80 Å². The van der Waals surface area contributed by atoms with E-state index in [4.69, 9.17) is 0 Å². The molecule has 1 spiro atoms. The fourth-order valence-electron chi connectivity index (χ4n) is 4.19. The zero-order valence-corrected chi connectivity index (χ0v) is 15.0. The first kappa shape index (κ1) is 20.0. The highest BCUT2D eigenvalue weighted by Crippen LogP contribution is 2.40. The Morgan fingerprint density at radius 2 is 1.85 bits per heavy atom. The zero-order valence-electron chi connectivity index (χ0n) is 15.0. The third-order valence-electron chi connectivity index (χ3n) is 5.55. The Morgan fingerprint density at radius 3 is 2.56 bits per heavy atom. The molecule has 2 saturated heterocycles. The number of hydrogen-bond acceptors (Lipinski definition) is 2. The number of halogens is 5. The molecule has 150 valence electrons. The fourth-order valence-corrected chi connectivity index (χ4v) is 4.19. The Kier molecular flexibility index (Phi) is 5.74. The number of amides is 1. The SMILES string of the molecule is O=C1N(Cc2ccc(F)c(F)c2)CCC[C@@]12CCN(CCCC(F)(F)F)C2. The summed E-state index contributed by atoms with van der Waals surface area (Å²) in [5, 5.41) is 0. The monoisotopic (exact) mass is 390 g/mol. The molecule has 0 saturated carbocycles. The number of carbonyl (C=O) groups excluding carboxylic acids is 1. The zero-order chi connectivity index (χ0) is 19.7. The van der Waals surface area contributed by atoms with Crippen molar-refractivity contribution in [3.05, 3.63) is 35.4 Å². The molecule has 2 aliphatic rings. The third kappa shape index (κ3) is 4.78. The average molecular weight is 390 g/mol. The number of carbonyl (C=O) groups is 1. The van der Waals surface area contributed by atoms with Gasteiger partial charge in [0.05, 0.1) is 5.41 Å². The highest BCUT2D eigenvalue weighted by molar-refractivity contribution is 5.84. The van der Waals surface area contributed by atoms with Gasteiger partial charge in [-0.2, -0.15) is 13.2 Å². The maximum atomic E-state index is 13.4. The summed E-state index contributed by atoms with van der Waals surface area (Å²) in [4.78, 5) is 16.6. The lowest BCUT2D eigenvalue weighted by Crippen LogP contribution is -2.49. The molecule has 1 amide bonds. The van der Waals surface area contributed by atoms with Crippen molar-refractivity contribution in [1.82, 2.24) is 9.80 Å². The first-order valence-electron chi connectivity index (χ1n) is 9.21. The van der Waals surface area contributed by atoms with E-state index in [9.17, 15) is 26.7 Å². The Hall–Kier alpha value is -1.70. The number of nitrogens with zero attached hydrogens (tertiary/aromatic N) is 2. The van der Waals surface area contributed by atoms with E-state index >= 15 is 0 Å². The van der Waals surface area contributed by atoms with Crippen LogP contribution >= 0.6 is 0 Å². The Labute approximate surface area is 155 Å². The second-order valence-electron chi connectivity index (χ2n) is 7.60. The molecule has 1 atom stereocenters. The molecule has 2 fully saturated rings. The number of alkyl halides is 3. The van der Waals surface area contributed by atoms with Crippen LogP contribution in [0.4, 0.5) is 22.0 Å². The van der Waals surface area contributed by atoms with Gasteiger partial charge in [-0.1, -0.05) is 6.07 Å². The van der Waals surface area contributed by atoms with E-state index in [0.29, 0.717) is 38.2 Å². The molecule has 27 heavy (non-hydrogen) atoms. The first-order valence-corrected chi connectivity index (χ1v) is 9.21. The van der Waals surface area contributed by atoms with Crippen LogP contribution < -0.4 is 0 Å². The van der Waals surface area contributed by atoms with E-state index in [1.807, 2.05) is 4.90 Å². The molecule has 1 aromatic rings. The predicted molar refractivity (Wildman–Crippen MR) is 89.8 cm³/mol. The van der Waals surface area contributed by atoms with Gasteiger partial charge in [0.1, 0.15) is 0 Å². The topological polar surface area (TPSA) is 23.6 Å². The summed E-state index contributed by atoms with van der Waals surface area (Å²) >= 11 is 0. The highest BCUT2D eigenvalue weighted by Gasteiger charge is 2.48. The van der Waals surface area contributed by atoms with Crippen molar-refractivity contribution >= 4 is 5.91 Å². The fraction of sp³-hybridized carbons (Fsp3) is 0.632. The van der Waals surface area contributed by atoms with Gasteiger partial charge in [0, 0.05) is 26.1 Å². The molecule has 0 radical (unpaired) electrons. The third-order valence-corrected chi connectivity index (χ3v) is 5.55. The Morgan fingerprint density at radius 1 is 1.07 bits per heavy atom. The van der Waals surface area contributed by atoms with Crippen LogP contribution in [0.5, 0.6) is 0 Å². The normalized spacial score (nSPS) is 24.2. The van der Waals surface area contributed by atoms with E-state index < -0.39 is 29.6 Å². The van der Waals surface area contributed by atoms with E-state index in [-0.39, 0.29) is 18.9 Å². The van der Waals surface area contributed by atoms with Crippen LogP contribution in [0, 0.1) is 17.0 Å². The van der Waals surface area contributed by atoms with Crippen molar-refractivity contribution in [3.63, 3.8) is 0 Å². The van der Waals surface area contributed by atoms with Crippen molar-refractivity contribution < 1.29 is 26.7 Å². The highest BCUT2D eigenvalue weighted by atomic mass is 19.4. The smallest absolute Gasteiger partial charge is 0.338 e. The molecule has 0 bridgehead atoms. The first-order chi connectivity index (χ1) is 12.7. The molecule has 0 N–H and O–H groups in total. The van der Waals surface area contributed by atoms with Crippen LogP contribution in [-0.4, -0.2) is 48.1 Å². The van der Waals surface area contributed by atoms with Crippen LogP contribution in [0.1, 0.15) is 37.7 Å². The summed E-state index contributed by atoms with van der Waals surface area (Å²) in [6.45, 7) is 2.18. The molecule has 8 heteroatoms. The molecule has 0 aliphatic carbocycles. The summed E-state index contributed by atoms with van der Waals surface area (Å²) in [5.74, 6) is -1.90. The van der Waals surface area contributed by atoms with Gasteiger partial charge in [0.2, 0.25) is 5.91 Å². The maximum absolute atomic E-state index is 13.4. The lowest BCUT2D eigenvalue weighted by molar-refractivity contribution is -0.146. The minimum atomic E-state index is -4.15. The van der Waals surface area contributed by atoms with Gasteiger partial charge in [0.25, 0.3) is 0 Å². The van der Waals surface area contributed by atoms with Crippen LogP contribution in [0.15, 0.2) is 18.2 Å². The molecule has 3 rings (SSSR count). The maximum Gasteiger partial charge on any atom is 0.389 e. The van der Waals surface area contributed by atoms with E-state index in [1.165, 1.54) is 6.07 Å². The molecular formula is C19H23F5N2O. The van der Waals surface area contributed by atoms with Crippen LogP contribution in [0.2, 0.25) is 0 Å². The molecule has 3 nitrogen and oxygen atoms in total. The molecule has 2 heterocycles. The van der Waals surface area contributed by atoms with Gasteiger partial charge in [0.15, 0.2) is 11.6 Å². The van der Waals surface area contributed by atoms with Crippen LogP contribution in [0.25, 0.3) is 0 Å². The van der Waals surface area contributed by atoms with Gasteiger partial charge in [-0.25, -0.2) is 8.78 Å². The van der Waals surface area contributed by atoms with E-state index in [0.717, 1.165) is 25.0 Å². The summed E-state index contributed by atoms with van der Waals surface area (Å²) in [6, 6.07) is 3.61. The minimum absolute atomic E-state index is 0.0307. The van der Waals surface area contributed by atoms with Crippen molar-refractivity contribution in [2.75, 3.05) is 26.2 Å². The molecular weight excluding hydrogens is 367 g/mol. The minimum Gasteiger partial charge on any atom is -0.338 e. The predicted octanol–water partition coefficient (Wildman–Crippen LogP) is 4.12. The van der Waals surface area contributed by atoms with Crippen LogP contribution in [-0.2, 0) is 11.3 Å². The summed E-state index contributed by atoms with van der Waals surface area (Å²) in [5.41, 5.74) is -0.0333. The summed E-state index contributed by atoms with van der Waals surface area (Å²) in [7, 11) is 0.